The summed E-state index contributed by atoms with van der Waals surface area (Å²) >= 11 is 1.42. The first kappa shape index (κ1) is 6.76. The van der Waals surface area contributed by atoms with Crippen molar-refractivity contribution < 1.29 is 5.11 Å². The molecule has 0 saturated heterocycles. The van der Waals surface area contributed by atoms with Crippen molar-refractivity contribution in [2.24, 2.45) is 0 Å². The van der Waals surface area contributed by atoms with E-state index in [1.807, 2.05) is 23.6 Å². The number of hydrogen-bond acceptors (Lipinski definition) is 3. The first-order chi connectivity index (χ1) is 5.42. The average Bonchev–Trinajstić information content (AvgIpc) is 2.50. The lowest BCUT2D eigenvalue weighted by Crippen LogP contribution is -1.83. The maximum atomic E-state index is 8.92. The largest absolute Gasteiger partial charge is 0.392 e. The zero-order chi connectivity index (χ0) is 7.68. The summed E-state index contributed by atoms with van der Waals surface area (Å²) < 4.78 is 4.17. The van der Waals surface area contributed by atoms with Crippen LogP contribution in [0.1, 0.15) is 5.56 Å². The van der Waals surface area contributed by atoms with Crippen LogP contribution in [0.25, 0.3) is 10.9 Å². The summed E-state index contributed by atoms with van der Waals surface area (Å²) in [5.74, 6) is 0. The van der Waals surface area contributed by atoms with E-state index in [0.717, 1.165) is 16.5 Å². The van der Waals surface area contributed by atoms with Gasteiger partial charge < -0.3 is 5.11 Å². The van der Waals surface area contributed by atoms with Crippen LogP contribution < -0.4 is 0 Å². The zero-order valence-corrected chi connectivity index (χ0v) is 6.64. The summed E-state index contributed by atoms with van der Waals surface area (Å²) in [6, 6.07) is 5.82. The van der Waals surface area contributed by atoms with Gasteiger partial charge in [-0.3, -0.25) is 0 Å². The fourth-order valence-electron chi connectivity index (χ4n) is 1.08. The van der Waals surface area contributed by atoms with E-state index in [0.29, 0.717) is 0 Å². The zero-order valence-electron chi connectivity index (χ0n) is 5.82. The number of rotatable bonds is 1. The first-order valence-electron chi connectivity index (χ1n) is 3.34. The lowest BCUT2D eigenvalue weighted by atomic mass is 10.2. The van der Waals surface area contributed by atoms with E-state index in [4.69, 9.17) is 5.11 Å². The number of nitrogens with zero attached hydrogens (tertiary/aromatic N) is 1. The summed E-state index contributed by atoms with van der Waals surface area (Å²) in [6.45, 7) is 0.0705. The van der Waals surface area contributed by atoms with E-state index < -0.39 is 0 Å². The van der Waals surface area contributed by atoms with E-state index in [1.54, 1.807) is 0 Å². The lowest BCUT2D eigenvalue weighted by molar-refractivity contribution is 0.283. The molecule has 1 aromatic heterocycles. The Morgan fingerprint density at radius 3 is 3.18 bits per heavy atom. The van der Waals surface area contributed by atoms with E-state index in [-0.39, 0.29) is 6.61 Å². The van der Waals surface area contributed by atoms with Gasteiger partial charge in [0.1, 0.15) is 0 Å². The Morgan fingerprint density at radius 2 is 2.36 bits per heavy atom. The minimum absolute atomic E-state index is 0.0705. The minimum Gasteiger partial charge on any atom is -0.392 e. The molecule has 0 bridgehead atoms. The highest BCUT2D eigenvalue weighted by Gasteiger charge is 2.00. The van der Waals surface area contributed by atoms with Crippen molar-refractivity contribution in [3.63, 3.8) is 0 Å². The fraction of sp³-hybridized carbons (Fsp3) is 0.125. The molecule has 0 unspecified atom stereocenters. The Morgan fingerprint density at radius 1 is 1.45 bits per heavy atom. The molecule has 56 valence electrons. The molecule has 2 rings (SSSR count). The van der Waals surface area contributed by atoms with Gasteiger partial charge in [0, 0.05) is 16.3 Å². The quantitative estimate of drug-likeness (QED) is 0.698. The molecule has 0 atom stereocenters. The Balaban J connectivity index is 2.79. The third-order valence-electron chi connectivity index (χ3n) is 1.64. The average molecular weight is 165 g/mol. The van der Waals surface area contributed by atoms with Gasteiger partial charge in [-0.1, -0.05) is 18.2 Å². The lowest BCUT2D eigenvalue weighted by Gasteiger charge is -1.94. The maximum absolute atomic E-state index is 8.92. The summed E-state index contributed by atoms with van der Waals surface area (Å²) in [6.07, 6.45) is 0. The van der Waals surface area contributed by atoms with Crippen molar-refractivity contribution in [2.45, 2.75) is 6.61 Å². The number of aliphatic hydroxyl groups is 1. The standard InChI is InChI=1S/C8H7NOS/c10-4-6-2-1-3-7-5-11-9-8(6)7/h1-3,5,10H,4H2. The van der Waals surface area contributed by atoms with E-state index in [1.165, 1.54) is 11.5 Å². The Bertz CT molecular complexity index is 369. The molecule has 0 fully saturated rings. The second-order valence-corrected chi connectivity index (χ2v) is 2.96. The molecule has 0 aliphatic heterocycles. The van der Waals surface area contributed by atoms with Gasteiger partial charge in [0.05, 0.1) is 12.1 Å². The first-order valence-corrected chi connectivity index (χ1v) is 4.18. The predicted molar refractivity (Wildman–Crippen MR) is 45.5 cm³/mol. The normalized spacial score (nSPS) is 10.6. The van der Waals surface area contributed by atoms with Crippen molar-refractivity contribution in [3.05, 3.63) is 29.1 Å². The minimum atomic E-state index is 0.0705. The summed E-state index contributed by atoms with van der Waals surface area (Å²) in [7, 11) is 0. The molecular formula is C8H7NOS. The molecule has 0 radical (unpaired) electrons. The van der Waals surface area contributed by atoms with Crippen molar-refractivity contribution in [1.82, 2.24) is 4.37 Å². The van der Waals surface area contributed by atoms with Gasteiger partial charge in [-0.15, -0.1) is 0 Å². The second-order valence-electron chi connectivity index (χ2n) is 2.33. The number of aromatic nitrogens is 1. The third kappa shape index (κ3) is 1.02. The van der Waals surface area contributed by atoms with Gasteiger partial charge in [0.15, 0.2) is 0 Å². The summed E-state index contributed by atoms with van der Waals surface area (Å²) in [5, 5.41) is 12.0. The topological polar surface area (TPSA) is 33.1 Å². The Labute approximate surface area is 68.3 Å². The van der Waals surface area contributed by atoms with Crippen LogP contribution >= 0.6 is 11.5 Å². The number of aliphatic hydroxyl groups excluding tert-OH is 1. The fourth-order valence-corrected chi connectivity index (χ4v) is 1.77. The highest BCUT2D eigenvalue weighted by atomic mass is 32.1. The second kappa shape index (κ2) is 2.60. The van der Waals surface area contributed by atoms with Crippen LogP contribution in [-0.2, 0) is 6.61 Å². The van der Waals surface area contributed by atoms with Crippen LogP contribution in [0.5, 0.6) is 0 Å². The molecule has 0 saturated carbocycles. The van der Waals surface area contributed by atoms with Crippen LogP contribution in [0.3, 0.4) is 0 Å². The third-order valence-corrected chi connectivity index (χ3v) is 2.29. The predicted octanol–water partition coefficient (Wildman–Crippen LogP) is 1.79. The molecule has 0 amide bonds. The maximum Gasteiger partial charge on any atom is 0.0895 e. The van der Waals surface area contributed by atoms with Gasteiger partial charge in [-0.25, -0.2) is 0 Å². The highest BCUT2D eigenvalue weighted by molar-refractivity contribution is 7.04. The molecule has 11 heavy (non-hydrogen) atoms. The van der Waals surface area contributed by atoms with Gasteiger partial charge in [-0.2, -0.15) is 4.37 Å². The summed E-state index contributed by atoms with van der Waals surface area (Å²) in [5.41, 5.74) is 1.84. The molecule has 1 aromatic carbocycles. The van der Waals surface area contributed by atoms with Crippen molar-refractivity contribution in [3.8, 4) is 0 Å². The van der Waals surface area contributed by atoms with Crippen LogP contribution in [0.15, 0.2) is 23.6 Å². The van der Waals surface area contributed by atoms with Crippen LogP contribution in [-0.4, -0.2) is 9.48 Å². The van der Waals surface area contributed by atoms with E-state index in [2.05, 4.69) is 4.37 Å². The molecule has 3 heteroatoms. The number of fused-ring (bicyclic) bond motifs is 1. The molecular weight excluding hydrogens is 158 g/mol. The van der Waals surface area contributed by atoms with Crippen LogP contribution in [0.4, 0.5) is 0 Å². The molecule has 0 aliphatic carbocycles. The molecule has 0 aliphatic rings. The van der Waals surface area contributed by atoms with Crippen molar-refractivity contribution in [2.75, 3.05) is 0 Å². The van der Waals surface area contributed by atoms with Gasteiger partial charge in [0.2, 0.25) is 0 Å². The Kier molecular flexibility index (Phi) is 1.60. The number of benzene rings is 1. The summed E-state index contributed by atoms with van der Waals surface area (Å²) in [4.78, 5) is 0. The SMILES string of the molecule is OCc1cccc2csnc12. The monoisotopic (exact) mass is 165 g/mol. The molecule has 1 heterocycles. The van der Waals surface area contributed by atoms with Crippen LogP contribution in [0.2, 0.25) is 0 Å². The smallest absolute Gasteiger partial charge is 0.0895 e. The number of hydrogen-bond donors (Lipinski definition) is 1. The Hall–Kier alpha value is -0.930. The molecule has 2 aromatic rings. The van der Waals surface area contributed by atoms with E-state index >= 15 is 0 Å². The van der Waals surface area contributed by atoms with E-state index in [9.17, 15) is 0 Å². The molecule has 0 spiro atoms. The van der Waals surface area contributed by atoms with Crippen LogP contribution in [0, 0.1) is 0 Å². The van der Waals surface area contributed by atoms with Gasteiger partial charge in [0.25, 0.3) is 0 Å². The van der Waals surface area contributed by atoms with Gasteiger partial charge >= 0.3 is 0 Å². The van der Waals surface area contributed by atoms with Gasteiger partial charge in [-0.05, 0) is 11.5 Å². The molecule has 1 N–H and O–H groups in total. The van der Waals surface area contributed by atoms with Crippen molar-refractivity contribution in [1.29, 1.82) is 0 Å². The molecule has 2 nitrogen and oxygen atoms in total. The van der Waals surface area contributed by atoms with Crippen molar-refractivity contribution >= 4 is 22.4 Å². The highest BCUT2D eigenvalue weighted by Crippen LogP contribution is 2.18.